The maximum atomic E-state index is 11.8. The van der Waals surface area contributed by atoms with Crippen LogP contribution in [0.25, 0.3) is 0 Å². The molecule has 4 nitrogen and oxygen atoms in total. The Labute approximate surface area is 208 Å². The summed E-state index contributed by atoms with van der Waals surface area (Å²) in [4.78, 5) is 0. The Morgan fingerprint density at radius 3 is 2.21 bits per heavy atom. The molecule has 0 aliphatic heterocycles. The van der Waals surface area contributed by atoms with Crippen LogP contribution in [0, 0.1) is 45.3 Å². The van der Waals surface area contributed by atoms with E-state index in [2.05, 4.69) is 54.5 Å². The summed E-state index contributed by atoms with van der Waals surface area (Å²) in [6.07, 6.45) is 7.54. The van der Waals surface area contributed by atoms with Gasteiger partial charge in [-0.2, -0.15) is 0 Å². The predicted molar refractivity (Wildman–Crippen MR) is 137 cm³/mol. The fourth-order valence-corrected chi connectivity index (χ4v) is 10.5. The molecule has 4 aliphatic rings. The highest BCUT2D eigenvalue weighted by Crippen LogP contribution is 2.75. The Kier molecular flexibility index (Phi) is 6.50. The highest BCUT2D eigenvalue weighted by atomic mass is 16.3. The van der Waals surface area contributed by atoms with Gasteiger partial charge in [0.15, 0.2) is 0 Å². The van der Waals surface area contributed by atoms with Crippen LogP contribution in [0.4, 0.5) is 0 Å². The molecule has 0 aromatic rings. The van der Waals surface area contributed by atoms with Gasteiger partial charge in [-0.15, -0.1) is 0 Å². The molecule has 4 aliphatic carbocycles. The third kappa shape index (κ3) is 3.60. The zero-order chi connectivity index (χ0) is 25.5. The van der Waals surface area contributed by atoms with Crippen molar-refractivity contribution < 1.29 is 20.4 Å². The monoisotopic (exact) mass is 476 g/mol. The normalized spacial score (nSPS) is 51.6. The summed E-state index contributed by atoms with van der Waals surface area (Å²) in [6.45, 7) is 17.5. The van der Waals surface area contributed by atoms with Crippen molar-refractivity contribution >= 4 is 0 Å². The molecule has 0 aromatic carbocycles. The quantitative estimate of drug-likeness (QED) is 0.406. The van der Waals surface area contributed by atoms with E-state index in [-0.39, 0.29) is 39.4 Å². The molecule has 4 N–H and O–H groups in total. The highest BCUT2D eigenvalue weighted by Gasteiger charge is 2.72. The van der Waals surface area contributed by atoms with Gasteiger partial charge in [-0.1, -0.05) is 46.3 Å². The lowest BCUT2D eigenvalue weighted by molar-refractivity contribution is -0.274. The largest absolute Gasteiger partial charge is 0.393 e. The number of fused-ring (bicyclic) bond motifs is 5. The van der Waals surface area contributed by atoms with Crippen LogP contribution in [0.3, 0.4) is 0 Å². The minimum atomic E-state index is -0.810. The fourth-order valence-electron chi connectivity index (χ4n) is 10.5. The number of aliphatic hydroxyl groups excluding tert-OH is 3. The van der Waals surface area contributed by atoms with E-state index in [9.17, 15) is 20.4 Å². The van der Waals surface area contributed by atoms with Crippen LogP contribution in [0.5, 0.6) is 0 Å². The molecular formula is C30H52O4. The zero-order valence-corrected chi connectivity index (χ0v) is 23.1. The molecule has 34 heavy (non-hydrogen) atoms. The van der Waals surface area contributed by atoms with Gasteiger partial charge in [0.1, 0.15) is 0 Å². The van der Waals surface area contributed by atoms with Crippen LogP contribution in [-0.4, -0.2) is 44.3 Å². The number of allylic oxidation sites excluding steroid dienone is 2. The Hall–Kier alpha value is -0.420. The van der Waals surface area contributed by atoms with Crippen molar-refractivity contribution in [2.45, 2.75) is 131 Å². The average Bonchev–Trinajstić information content (AvgIpc) is 3.07. The Bertz CT molecular complexity index is 813. The fraction of sp³-hybridized carbons (Fsp3) is 0.933. The first-order chi connectivity index (χ1) is 15.5. The molecule has 0 aromatic heterocycles. The lowest BCUT2D eigenvalue weighted by atomic mass is 9.34. The molecule has 196 valence electrons. The second kappa shape index (κ2) is 8.30. The van der Waals surface area contributed by atoms with E-state index in [1.54, 1.807) is 0 Å². The molecule has 11 atom stereocenters. The standard InChI is InChI=1S/C30H52O4/c1-18(2)10-9-13-30(8,34)19-11-15-28(6)24(19)20(31)16-22-27(5)14-12-23(33)26(3,4)25(27)21(32)17-29(22,28)7/h10,19-25,31-34H,9,11-17H2,1-8H3/t19-,20?,21?,22+,23?,24-,25-,27+,28+,29+,30-/m0/s1. The molecule has 4 rings (SSSR count). The summed E-state index contributed by atoms with van der Waals surface area (Å²) >= 11 is 0. The van der Waals surface area contributed by atoms with Crippen LogP contribution in [0.1, 0.15) is 107 Å². The van der Waals surface area contributed by atoms with Gasteiger partial charge in [-0.3, -0.25) is 0 Å². The predicted octanol–water partition coefficient (Wildman–Crippen LogP) is 5.47. The first-order valence-electron chi connectivity index (χ1n) is 13.9. The summed E-state index contributed by atoms with van der Waals surface area (Å²) in [5.41, 5.74) is -0.230. The van der Waals surface area contributed by atoms with Gasteiger partial charge in [0.25, 0.3) is 0 Å². The number of hydrogen-bond donors (Lipinski definition) is 4. The molecule has 0 radical (unpaired) electrons. The number of aliphatic hydroxyl groups is 4. The van der Waals surface area contributed by atoms with Crippen molar-refractivity contribution in [3.05, 3.63) is 11.6 Å². The molecule has 0 spiro atoms. The Morgan fingerprint density at radius 1 is 0.941 bits per heavy atom. The molecule has 0 heterocycles. The van der Waals surface area contributed by atoms with Crippen molar-refractivity contribution in [1.29, 1.82) is 0 Å². The van der Waals surface area contributed by atoms with Gasteiger partial charge in [0.05, 0.1) is 23.9 Å². The van der Waals surface area contributed by atoms with Crippen molar-refractivity contribution in [2.24, 2.45) is 45.3 Å². The second-order valence-electron chi connectivity index (χ2n) is 14.7. The molecule has 0 amide bonds. The Balaban J connectivity index is 1.70. The summed E-state index contributed by atoms with van der Waals surface area (Å²) in [5.74, 6) is 0.442. The van der Waals surface area contributed by atoms with Crippen LogP contribution < -0.4 is 0 Å². The van der Waals surface area contributed by atoms with Gasteiger partial charge in [-0.25, -0.2) is 0 Å². The number of hydrogen-bond acceptors (Lipinski definition) is 4. The van der Waals surface area contributed by atoms with Crippen molar-refractivity contribution in [1.82, 2.24) is 0 Å². The van der Waals surface area contributed by atoms with Gasteiger partial charge in [0.2, 0.25) is 0 Å². The molecule has 0 saturated heterocycles. The smallest absolute Gasteiger partial charge is 0.0654 e. The molecular weight excluding hydrogens is 424 g/mol. The summed E-state index contributed by atoms with van der Waals surface area (Å²) in [7, 11) is 0. The minimum Gasteiger partial charge on any atom is -0.393 e. The van der Waals surface area contributed by atoms with Crippen LogP contribution in [0.15, 0.2) is 11.6 Å². The zero-order valence-electron chi connectivity index (χ0n) is 23.1. The second-order valence-corrected chi connectivity index (χ2v) is 14.7. The van der Waals surface area contributed by atoms with Crippen LogP contribution >= 0.6 is 0 Å². The molecule has 4 fully saturated rings. The van der Waals surface area contributed by atoms with Crippen LogP contribution in [0.2, 0.25) is 0 Å². The molecule has 3 unspecified atom stereocenters. The highest BCUT2D eigenvalue weighted by molar-refractivity contribution is 5.21. The van der Waals surface area contributed by atoms with Gasteiger partial charge in [-0.05, 0) is 117 Å². The van der Waals surface area contributed by atoms with Gasteiger partial charge >= 0.3 is 0 Å². The molecule has 4 saturated carbocycles. The van der Waals surface area contributed by atoms with E-state index >= 15 is 0 Å². The van der Waals surface area contributed by atoms with Gasteiger partial charge < -0.3 is 20.4 Å². The first kappa shape index (κ1) is 26.6. The lowest BCUT2D eigenvalue weighted by Gasteiger charge is -2.71. The van der Waals surface area contributed by atoms with Crippen molar-refractivity contribution in [3.8, 4) is 0 Å². The Morgan fingerprint density at radius 2 is 1.59 bits per heavy atom. The SMILES string of the molecule is CC(C)=CCC[C@](C)(O)[C@H]1CC[C@]2(C)[C@@H]1C(O)C[C@@H]1[C@@]3(C)CCC(O)C(C)(C)[C@@H]3C(O)C[C@]12C. The van der Waals surface area contributed by atoms with E-state index in [4.69, 9.17) is 0 Å². The third-order valence-corrected chi connectivity index (χ3v) is 12.3. The minimum absolute atomic E-state index is 0.0264. The molecule has 4 heteroatoms. The maximum Gasteiger partial charge on any atom is 0.0654 e. The van der Waals surface area contributed by atoms with Crippen LogP contribution in [-0.2, 0) is 0 Å². The van der Waals surface area contributed by atoms with E-state index in [0.717, 1.165) is 51.4 Å². The maximum absolute atomic E-state index is 11.8. The summed E-state index contributed by atoms with van der Waals surface area (Å²) in [6, 6.07) is 0. The summed E-state index contributed by atoms with van der Waals surface area (Å²) < 4.78 is 0. The van der Waals surface area contributed by atoms with E-state index in [1.807, 2.05) is 6.92 Å². The summed E-state index contributed by atoms with van der Waals surface area (Å²) in [5, 5.41) is 46.0. The van der Waals surface area contributed by atoms with Crippen molar-refractivity contribution in [2.75, 3.05) is 0 Å². The van der Waals surface area contributed by atoms with E-state index in [1.165, 1.54) is 5.57 Å². The van der Waals surface area contributed by atoms with E-state index in [0.29, 0.717) is 5.92 Å². The lowest BCUT2D eigenvalue weighted by Crippen LogP contribution is -2.69. The topological polar surface area (TPSA) is 80.9 Å². The first-order valence-corrected chi connectivity index (χ1v) is 13.9. The van der Waals surface area contributed by atoms with E-state index < -0.39 is 23.9 Å². The van der Waals surface area contributed by atoms with Crippen molar-refractivity contribution in [3.63, 3.8) is 0 Å². The van der Waals surface area contributed by atoms with Gasteiger partial charge in [0, 0.05) is 0 Å². The number of rotatable bonds is 4. The average molecular weight is 477 g/mol. The molecule has 0 bridgehead atoms. The third-order valence-electron chi connectivity index (χ3n) is 12.3.